The van der Waals surface area contributed by atoms with Gasteiger partial charge in [0.2, 0.25) is 5.91 Å². The van der Waals surface area contributed by atoms with Crippen molar-refractivity contribution in [3.63, 3.8) is 0 Å². The predicted octanol–water partition coefficient (Wildman–Crippen LogP) is -0.738. The van der Waals surface area contributed by atoms with Crippen LogP contribution < -0.4 is 10.6 Å². The highest BCUT2D eigenvalue weighted by molar-refractivity contribution is 5.77. The summed E-state index contributed by atoms with van der Waals surface area (Å²) in [5.41, 5.74) is 0.959. The third-order valence-electron chi connectivity index (χ3n) is 1.81. The Hall–Kier alpha value is -1.40. The molecule has 0 radical (unpaired) electrons. The number of aromatic amines is 1. The summed E-state index contributed by atoms with van der Waals surface area (Å²) in [5, 5.41) is 12.2. The first-order valence-electron chi connectivity index (χ1n) is 4.77. The molecule has 1 heterocycles. The highest BCUT2D eigenvalue weighted by atomic mass is 16.5. The molecule has 15 heavy (non-hydrogen) atoms. The molecular weight excluding hydrogens is 196 g/mol. The molecule has 0 aliphatic carbocycles. The van der Waals surface area contributed by atoms with Crippen LogP contribution in [0.4, 0.5) is 0 Å². The fourth-order valence-corrected chi connectivity index (χ4v) is 1.01. The number of rotatable bonds is 7. The van der Waals surface area contributed by atoms with Crippen molar-refractivity contribution >= 4 is 5.91 Å². The van der Waals surface area contributed by atoms with Crippen LogP contribution in [-0.2, 0) is 16.1 Å². The van der Waals surface area contributed by atoms with Gasteiger partial charge in [0.15, 0.2) is 0 Å². The second-order valence-corrected chi connectivity index (χ2v) is 3.05. The molecule has 6 nitrogen and oxygen atoms in total. The lowest BCUT2D eigenvalue weighted by Gasteiger charge is -2.04. The second kappa shape index (κ2) is 6.97. The van der Waals surface area contributed by atoms with Crippen molar-refractivity contribution in [3.05, 3.63) is 18.0 Å². The normalized spacial score (nSPS) is 10.2. The summed E-state index contributed by atoms with van der Waals surface area (Å²) in [4.78, 5) is 11.3. The average Bonchev–Trinajstić information content (AvgIpc) is 2.74. The third kappa shape index (κ3) is 5.14. The topological polar surface area (TPSA) is 79.0 Å². The molecule has 84 valence electrons. The Morgan fingerprint density at radius 2 is 2.53 bits per heavy atom. The van der Waals surface area contributed by atoms with Crippen molar-refractivity contribution in [1.82, 2.24) is 20.8 Å². The van der Waals surface area contributed by atoms with Crippen molar-refractivity contribution in [3.8, 4) is 0 Å². The van der Waals surface area contributed by atoms with Gasteiger partial charge in [0.1, 0.15) is 0 Å². The standard InChI is InChI=1S/C9H16N4O2/c1-15-3-2-10-7-9(14)11-4-8-5-12-13-6-8/h5-6,10H,2-4,7H2,1H3,(H,11,14)(H,12,13). The van der Waals surface area contributed by atoms with Crippen LogP contribution in [-0.4, -0.2) is 42.9 Å². The van der Waals surface area contributed by atoms with Crippen molar-refractivity contribution in [1.29, 1.82) is 0 Å². The van der Waals surface area contributed by atoms with E-state index in [1.54, 1.807) is 19.5 Å². The zero-order valence-electron chi connectivity index (χ0n) is 8.75. The van der Waals surface area contributed by atoms with Crippen LogP contribution in [0.1, 0.15) is 5.56 Å². The molecule has 0 saturated heterocycles. The SMILES string of the molecule is COCCNCC(=O)NCc1cn[nH]c1. The summed E-state index contributed by atoms with van der Waals surface area (Å²) in [6.45, 7) is 2.09. The zero-order valence-corrected chi connectivity index (χ0v) is 8.75. The molecule has 0 spiro atoms. The van der Waals surface area contributed by atoms with E-state index in [1.165, 1.54) is 0 Å². The zero-order chi connectivity index (χ0) is 10.9. The summed E-state index contributed by atoms with van der Waals surface area (Å²) in [6, 6.07) is 0. The first-order valence-corrected chi connectivity index (χ1v) is 4.77. The first kappa shape index (κ1) is 11.7. The minimum atomic E-state index is -0.0349. The monoisotopic (exact) mass is 212 g/mol. The van der Waals surface area contributed by atoms with Crippen LogP contribution >= 0.6 is 0 Å². The molecule has 1 rings (SSSR count). The Kier molecular flexibility index (Phi) is 5.42. The maximum atomic E-state index is 11.3. The highest BCUT2D eigenvalue weighted by Crippen LogP contribution is 1.90. The van der Waals surface area contributed by atoms with Crippen molar-refractivity contribution in [2.45, 2.75) is 6.54 Å². The molecule has 3 N–H and O–H groups in total. The smallest absolute Gasteiger partial charge is 0.234 e. The molecule has 0 aliphatic heterocycles. The van der Waals surface area contributed by atoms with E-state index >= 15 is 0 Å². The van der Waals surface area contributed by atoms with Gasteiger partial charge in [-0.3, -0.25) is 9.89 Å². The van der Waals surface area contributed by atoms with Crippen LogP contribution in [0.25, 0.3) is 0 Å². The molecule has 1 amide bonds. The lowest BCUT2D eigenvalue weighted by molar-refractivity contribution is -0.120. The number of nitrogens with zero attached hydrogens (tertiary/aromatic N) is 1. The fourth-order valence-electron chi connectivity index (χ4n) is 1.01. The highest BCUT2D eigenvalue weighted by Gasteiger charge is 2.00. The van der Waals surface area contributed by atoms with Gasteiger partial charge in [-0.15, -0.1) is 0 Å². The fraction of sp³-hybridized carbons (Fsp3) is 0.556. The van der Waals surface area contributed by atoms with Crippen LogP contribution in [0.5, 0.6) is 0 Å². The summed E-state index contributed by atoms with van der Waals surface area (Å²) in [7, 11) is 1.63. The van der Waals surface area contributed by atoms with Gasteiger partial charge < -0.3 is 15.4 Å². The summed E-state index contributed by atoms with van der Waals surface area (Å²) in [5.74, 6) is -0.0349. The Morgan fingerprint density at radius 3 is 3.20 bits per heavy atom. The van der Waals surface area contributed by atoms with Crippen molar-refractivity contribution in [2.75, 3.05) is 26.8 Å². The van der Waals surface area contributed by atoms with E-state index in [-0.39, 0.29) is 5.91 Å². The quantitative estimate of drug-likeness (QED) is 0.520. The largest absolute Gasteiger partial charge is 0.383 e. The van der Waals surface area contributed by atoms with E-state index < -0.39 is 0 Å². The molecule has 1 aromatic rings. The maximum Gasteiger partial charge on any atom is 0.234 e. The molecule has 0 aromatic carbocycles. The molecular formula is C9H16N4O2. The van der Waals surface area contributed by atoms with E-state index in [2.05, 4.69) is 20.8 Å². The number of ether oxygens (including phenoxy) is 1. The van der Waals surface area contributed by atoms with E-state index in [0.717, 1.165) is 5.56 Å². The van der Waals surface area contributed by atoms with Gasteiger partial charge in [-0.25, -0.2) is 0 Å². The lowest BCUT2D eigenvalue weighted by atomic mass is 10.3. The molecule has 0 bridgehead atoms. The van der Waals surface area contributed by atoms with E-state index in [4.69, 9.17) is 4.74 Å². The Bertz CT molecular complexity index is 274. The second-order valence-electron chi connectivity index (χ2n) is 3.05. The average molecular weight is 212 g/mol. The predicted molar refractivity (Wildman–Crippen MR) is 55.2 cm³/mol. The molecule has 0 saturated carbocycles. The minimum Gasteiger partial charge on any atom is -0.383 e. The molecule has 0 unspecified atom stereocenters. The Morgan fingerprint density at radius 1 is 1.67 bits per heavy atom. The van der Waals surface area contributed by atoms with E-state index in [0.29, 0.717) is 26.2 Å². The minimum absolute atomic E-state index is 0.0349. The van der Waals surface area contributed by atoms with Gasteiger partial charge in [-0.05, 0) is 0 Å². The number of H-pyrrole nitrogens is 1. The Labute approximate surface area is 88.4 Å². The van der Waals surface area contributed by atoms with E-state index in [1.807, 2.05) is 0 Å². The number of hydrogen-bond acceptors (Lipinski definition) is 4. The van der Waals surface area contributed by atoms with E-state index in [9.17, 15) is 4.79 Å². The van der Waals surface area contributed by atoms with Gasteiger partial charge in [-0.1, -0.05) is 0 Å². The number of hydrogen-bond donors (Lipinski definition) is 3. The summed E-state index contributed by atoms with van der Waals surface area (Å²) in [6.07, 6.45) is 3.43. The lowest BCUT2D eigenvalue weighted by Crippen LogP contribution is -2.34. The van der Waals surface area contributed by atoms with Crippen LogP contribution in [0, 0.1) is 0 Å². The van der Waals surface area contributed by atoms with Crippen LogP contribution in [0.2, 0.25) is 0 Å². The van der Waals surface area contributed by atoms with Crippen LogP contribution in [0.3, 0.4) is 0 Å². The molecule has 0 atom stereocenters. The number of methoxy groups -OCH3 is 1. The number of aromatic nitrogens is 2. The number of carbonyl (C=O) groups is 1. The maximum absolute atomic E-state index is 11.3. The molecule has 0 aliphatic rings. The number of amides is 1. The molecule has 0 fully saturated rings. The van der Waals surface area contributed by atoms with Crippen molar-refractivity contribution in [2.24, 2.45) is 0 Å². The first-order chi connectivity index (χ1) is 7.33. The molecule has 6 heteroatoms. The van der Waals surface area contributed by atoms with Gasteiger partial charge >= 0.3 is 0 Å². The third-order valence-corrected chi connectivity index (χ3v) is 1.81. The van der Waals surface area contributed by atoms with Gasteiger partial charge in [-0.2, -0.15) is 5.10 Å². The summed E-state index contributed by atoms with van der Waals surface area (Å²) >= 11 is 0. The number of carbonyl (C=O) groups excluding carboxylic acids is 1. The Balaban J connectivity index is 2.04. The van der Waals surface area contributed by atoms with Crippen LogP contribution in [0.15, 0.2) is 12.4 Å². The molecule has 1 aromatic heterocycles. The van der Waals surface area contributed by atoms with Gasteiger partial charge in [0.25, 0.3) is 0 Å². The van der Waals surface area contributed by atoms with Gasteiger partial charge in [0, 0.05) is 32.0 Å². The summed E-state index contributed by atoms with van der Waals surface area (Å²) < 4.78 is 4.84. The van der Waals surface area contributed by atoms with Gasteiger partial charge in [0.05, 0.1) is 19.3 Å². The number of nitrogens with one attached hydrogen (secondary N) is 3. The van der Waals surface area contributed by atoms with Crippen molar-refractivity contribution < 1.29 is 9.53 Å².